The summed E-state index contributed by atoms with van der Waals surface area (Å²) in [5, 5.41) is 7.53. The van der Waals surface area contributed by atoms with E-state index in [0.717, 1.165) is 5.56 Å². The molecule has 0 N–H and O–H groups in total. The molecule has 0 atom stereocenters. The van der Waals surface area contributed by atoms with Crippen LogP contribution in [0.3, 0.4) is 0 Å². The predicted molar refractivity (Wildman–Crippen MR) is 62.4 cm³/mol. The number of hydrogen-bond donors (Lipinski definition) is 0. The molecule has 0 radical (unpaired) electrons. The van der Waals surface area contributed by atoms with E-state index < -0.39 is 0 Å². The zero-order valence-electron chi connectivity index (χ0n) is 8.20. The first-order valence-corrected chi connectivity index (χ1v) is 5.55. The molecule has 0 spiro atoms. The van der Waals surface area contributed by atoms with Crippen molar-refractivity contribution in [3.63, 3.8) is 0 Å². The summed E-state index contributed by atoms with van der Waals surface area (Å²) in [5.74, 6) is 0. The van der Waals surface area contributed by atoms with Crippen LogP contribution in [0.5, 0.6) is 0 Å². The molecule has 78 valence electrons. The summed E-state index contributed by atoms with van der Waals surface area (Å²) in [7, 11) is 0. The number of aromatic nitrogens is 3. The van der Waals surface area contributed by atoms with E-state index >= 15 is 0 Å². The van der Waals surface area contributed by atoms with E-state index in [1.807, 2.05) is 36.4 Å². The maximum absolute atomic E-state index is 11.9. The van der Waals surface area contributed by atoms with Gasteiger partial charge in [-0.25, -0.2) is 4.40 Å². The summed E-state index contributed by atoms with van der Waals surface area (Å²) >= 11 is 1.35. The highest BCUT2D eigenvalue weighted by atomic mass is 32.1. The van der Waals surface area contributed by atoms with E-state index in [2.05, 4.69) is 10.2 Å². The minimum atomic E-state index is -0.0612. The maximum Gasteiger partial charge on any atom is 0.275 e. The van der Waals surface area contributed by atoms with Crippen molar-refractivity contribution in [2.75, 3.05) is 0 Å². The van der Waals surface area contributed by atoms with Crippen LogP contribution in [0.25, 0.3) is 11.0 Å². The lowest BCUT2D eigenvalue weighted by Crippen LogP contribution is -2.22. The van der Waals surface area contributed by atoms with E-state index in [0.29, 0.717) is 9.49 Å². The maximum atomic E-state index is 11.9. The Morgan fingerprint density at radius 2 is 2.06 bits per heavy atom. The van der Waals surface area contributed by atoms with Gasteiger partial charge in [0.25, 0.3) is 5.56 Å². The van der Waals surface area contributed by atoms with Gasteiger partial charge in [-0.3, -0.25) is 4.79 Å². The molecule has 5 heteroatoms. The van der Waals surface area contributed by atoms with Crippen molar-refractivity contribution in [2.45, 2.75) is 0 Å². The second-order valence-electron chi connectivity index (χ2n) is 3.31. The van der Waals surface area contributed by atoms with Gasteiger partial charge in [-0.15, -0.1) is 10.2 Å². The normalized spacial score (nSPS) is 12.4. The quantitative estimate of drug-likeness (QED) is 0.617. The monoisotopic (exact) mass is 229 g/mol. The van der Waals surface area contributed by atoms with Crippen molar-refractivity contribution >= 4 is 22.4 Å². The van der Waals surface area contributed by atoms with E-state index in [9.17, 15) is 4.79 Å². The Bertz CT molecular complexity index is 730. The van der Waals surface area contributed by atoms with Crippen LogP contribution < -0.4 is 10.1 Å². The van der Waals surface area contributed by atoms with Crippen LogP contribution in [0, 0.1) is 0 Å². The van der Waals surface area contributed by atoms with Crippen LogP contribution in [-0.4, -0.2) is 14.6 Å². The summed E-state index contributed by atoms with van der Waals surface area (Å²) in [6.45, 7) is 0. The van der Waals surface area contributed by atoms with Crippen LogP contribution in [0.15, 0.2) is 41.5 Å². The number of rotatable bonds is 1. The zero-order valence-corrected chi connectivity index (χ0v) is 9.02. The third kappa shape index (κ3) is 1.42. The smallest absolute Gasteiger partial charge is 0.267 e. The SMILES string of the molecule is O=c1c(=Cc2ccccc2)sc2nncn12. The van der Waals surface area contributed by atoms with E-state index in [1.54, 1.807) is 0 Å². The topological polar surface area (TPSA) is 47.3 Å². The third-order valence-corrected chi connectivity index (χ3v) is 3.22. The molecule has 0 amide bonds. The fourth-order valence-corrected chi connectivity index (χ4v) is 2.38. The molecule has 0 saturated carbocycles. The van der Waals surface area contributed by atoms with Crippen molar-refractivity contribution in [1.82, 2.24) is 14.6 Å². The molecule has 2 aromatic heterocycles. The Morgan fingerprint density at radius 1 is 1.25 bits per heavy atom. The lowest BCUT2D eigenvalue weighted by molar-refractivity contribution is 1.08. The Morgan fingerprint density at radius 3 is 2.81 bits per heavy atom. The number of nitrogens with zero attached hydrogens (tertiary/aromatic N) is 3. The van der Waals surface area contributed by atoms with E-state index in [1.165, 1.54) is 22.1 Å². The molecule has 0 aliphatic heterocycles. The van der Waals surface area contributed by atoms with Crippen molar-refractivity contribution in [2.24, 2.45) is 0 Å². The minimum absolute atomic E-state index is 0.0612. The Balaban J connectivity index is 2.27. The Labute approximate surface area is 94.5 Å². The second-order valence-corrected chi connectivity index (χ2v) is 4.32. The van der Waals surface area contributed by atoms with Gasteiger partial charge in [0, 0.05) is 0 Å². The average Bonchev–Trinajstić information content (AvgIpc) is 2.86. The molecule has 0 aliphatic rings. The van der Waals surface area contributed by atoms with Crippen LogP contribution in [0.1, 0.15) is 5.56 Å². The van der Waals surface area contributed by atoms with Crippen molar-refractivity contribution in [3.8, 4) is 0 Å². The fourth-order valence-electron chi connectivity index (χ4n) is 1.49. The second kappa shape index (κ2) is 3.53. The van der Waals surface area contributed by atoms with Gasteiger partial charge >= 0.3 is 0 Å². The van der Waals surface area contributed by atoms with Gasteiger partial charge in [-0.2, -0.15) is 0 Å². The van der Waals surface area contributed by atoms with Gasteiger partial charge in [0.2, 0.25) is 4.96 Å². The van der Waals surface area contributed by atoms with Crippen molar-refractivity contribution in [3.05, 3.63) is 57.1 Å². The number of thiazole rings is 1. The first-order chi connectivity index (χ1) is 7.84. The van der Waals surface area contributed by atoms with Gasteiger partial charge in [0.15, 0.2) is 0 Å². The summed E-state index contributed by atoms with van der Waals surface area (Å²) in [5.41, 5.74) is 0.950. The molecule has 0 aliphatic carbocycles. The molecule has 3 aromatic rings. The van der Waals surface area contributed by atoms with Crippen molar-refractivity contribution in [1.29, 1.82) is 0 Å². The first-order valence-electron chi connectivity index (χ1n) is 4.74. The average molecular weight is 229 g/mol. The molecular formula is C11H7N3OS. The predicted octanol–water partition coefficient (Wildman–Crippen LogP) is 0.699. The largest absolute Gasteiger partial charge is 0.275 e. The standard InChI is InChI=1S/C11H7N3OS/c15-10-9(6-8-4-2-1-3-5-8)16-11-13-12-7-14(10)11/h1-7H. The molecule has 4 nitrogen and oxygen atoms in total. The van der Waals surface area contributed by atoms with E-state index in [4.69, 9.17) is 0 Å². The molecule has 0 saturated heterocycles. The third-order valence-electron chi connectivity index (χ3n) is 2.24. The molecule has 2 heterocycles. The highest BCUT2D eigenvalue weighted by Gasteiger charge is 2.03. The zero-order chi connectivity index (χ0) is 11.0. The molecule has 16 heavy (non-hydrogen) atoms. The van der Waals surface area contributed by atoms with Gasteiger partial charge in [-0.05, 0) is 11.6 Å². The van der Waals surface area contributed by atoms with Gasteiger partial charge < -0.3 is 0 Å². The lowest BCUT2D eigenvalue weighted by Gasteiger charge is -1.87. The summed E-state index contributed by atoms with van der Waals surface area (Å²) in [6, 6.07) is 9.74. The first kappa shape index (κ1) is 9.23. The minimum Gasteiger partial charge on any atom is -0.267 e. The molecule has 0 unspecified atom stereocenters. The van der Waals surface area contributed by atoms with E-state index in [-0.39, 0.29) is 5.56 Å². The highest BCUT2D eigenvalue weighted by molar-refractivity contribution is 7.15. The molecular weight excluding hydrogens is 222 g/mol. The number of benzene rings is 1. The van der Waals surface area contributed by atoms with Crippen LogP contribution in [0.4, 0.5) is 0 Å². The Kier molecular flexibility index (Phi) is 2.04. The highest BCUT2D eigenvalue weighted by Crippen LogP contribution is 2.01. The van der Waals surface area contributed by atoms with Gasteiger partial charge in [0.05, 0.1) is 4.53 Å². The van der Waals surface area contributed by atoms with Gasteiger partial charge in [-0.1, -0.05) is 41.7 Å². The number of fused-ring (bicyclic) bond motifs is 1. The summed E-state index contributed by atoms with van der Waals surface area (Å²) in [4.78, 5) is 12.5. The molecule has 3 rings (SSSR count). The van der Waals surface area contributed by atoms with Crippen LogP contribution >= 0.6 is 11.3 Å². The summed E-state index contributed by atoms with van der Waals surface area (Å²) < 4.78 is 2.13. The van der Waals surface area contributed by atoms with Gasteiger partial charge in [0.1, 0.15) is 6.33 Å². The fraction of sp³-hybridized carbons (Fsp3) is 0. The number of hydrogen-bond acceptors (Lipinski definition) is 4. The molecule has 1 aromatic carbocycles. The molecule has 0 fully saturated rings. The summed E-state index contributed by atoms with van der Waals surface area (Å²) in [6.07, 6.45) is 3.30. The van der Waals surface area contributed by atoms with Crippen LogP contribution in [0.2, 0.25) is 0 Å². The molecule has 0 bridgehead atoms. The lowest BCUT2D eigenvalue weighted by atomic mass is 10.2. The van der Waals surface area contributed by atoms with Crippen molar-refractivity contribution < 1.29 is 0 Å². The van der Waals surface area contributed by atoms with Crippen LogP contribution in [-0.2, 0) is 0 Å². The Hall–Kier alpha value is -2.01.